The van der Waals surface area contributed by atoms with Crippen LogP contribution < -0.4 is 10.2 Å². The molecule has 0 unspecified atom stereocenters. The molecule has 0 atom stereocenters. The van der Waals surface area contributed by atoms with Crippen molar-refractivity contribution in [3.63, 3.8) is 0 Å². The Bertz CT molecular complexity index is 1250. The maximum atomic E-state index is 13.4. The highest BCUT2D eigenvalue weighted by Gasteiger charge is 2.34. The number of nitrogens with one attached hydrogen (secondary N) is 1. The molecule has 0 aliphatic carbocycles. The lowest BCUT2D eigenvalue weighted by atomic mass is 10.1. The molecular weight excluding hydrogens is 464 g/mol. The fourth-order valence-corrected chi connectivity index (χ4v) is 5.52. The fraction of sp³-hybridized carbons (Fsp3) is 0.318. The minimum Gasteiger partial charge on any atom is -0.369 e. The van der Waals surface area contributed by atoms with Gasteiger partial charge in [-0.2, -0.15) is 9.40 Å². The van der Waals surface area contributed by atoms with Crippen LogP contribution in [0.15, 0.2) is 53.9 Å². The van der Waals surface area contributed by atoms with E-state index in [0.29, 0.717) is 18.1 Å². The lowest BCUT2D eigenvalue weighted by Crippen LogP contribution is -2.49. The highest BCUT2D eigenvalue weighted by molar-refractivity contribution is 7.89. The third-order valence-electron chi connectivity index (χ3n) is 5.55. The van der Waals surface area contributed by atoms with E-state index < -0.39 is 15.9 Å². The molecule has 11 heteroatoms. The van der Waals surface area contributed by atoms with Crippen LogP contribution in [0.3, 0.4) is 0 Å². The molecule has 3 aromatic rings. The molecule has 1 N–H and O–H groups in total. The van der Waals surface area contributed by atoms with Gasteiger partial charge in [-0.1, -0.05) is 23.7 Å². The zero-order chi connectivity index (χ0) is 23.6. The average Bonchev–Trinajstić information content (AvgIpc) is 3.22. The van der Waals surface area contributed by atoms with E-state index in [0.717, 1.165) is 16.8 Å². The van der Waals surface area contributed by atoms with E-state index in [1.54, 1.807) is 25.5 Å². The number of amides is 1. The van der Waals surface area contributed by atoms with Crippen molar-refractivity contribution in [3.05, 3.63) is 70.6 Å². The molecule has 4 rings (SSSR count). The van der Waals surface area contributed by atoms with Crippen LogP contribution in [-0.2, 0) is 23.6 Å². The first-order valence-electron chi connectivity index (χ1n) is 10.5. The number of hydrogen-bond acceptors (Lipinski definition) is 6. The Balaban J connectivity index is 1.49. The van der Waals surface area contributed by atoms with E-state index in [9.17, 15) is 13.2 Å². The molecule has 0 saturated carbocycles. The number of nitrogens with zero attached hydrogens (tertiary/aromatic N) is 5. The highest BCUT2D eigenvalue weighted by atomic mass is 35.5. The number of aromatic nitrogens is 3. The van der Waals surface area contributed by atoms with Crippen LogP contribution >= 0.6 is 11.6 Å². The molecule has 1 aromatic carbocycles. The number of hydrogen-bond donors (Lipinski definition) is 1. The van der Waals surface area contributed by atoms with E-state index in [2.05, 4.69) is 20.3 Å². The molecule has 0 radical (unpaired) electrons. The summed E-state index contributed by atoms with van der Waals surface area (Å²) in [5.41, 5.74) is 2.90. The maximum Gasteiger partial charge on any atom is 0.263 e. The van der Waals surface area contributed by atoms with Crippen molar-refractivity contribution in [2.45, 2.75) is 18.5 Å². The van der Waals surface area contributed by atoms with Gasteiger partial charge in [0.2, 0.25) is 5.03 Å². The van der Waals surface area contributed by atoms with Crippen LogP contribution in [0.2, 0.25) is 5.02 Å². The zero-order valence-corrected chi connectivity index (χ0v) is 20.0. The lowest BCUT2D eigenvalue weighted by molar-refractivity contribution is 0.0947. The first-order valence-corrected chi connectivity index (χ1v) is 12.3. The quantitative estimate of drug-likeness (QED) is 0.571. The summed E-state index contributed by atoms with van der Waals surface area (Å²) >= 11 is 6.15. The van der Waals surface area contributed by atoms with Crippen molar-refractivity contribution in [1.29, 1.82) is 0 Å². The summed E-state index contributed by atoms with van der Waals surface area (Å²) in [5, 5.41) is 7.27. The van der Waals surface area contributed by atoms with E-state index >= 15 is 0 Å². The summed E-state index contributed by atoms with van der Waals surface area (Å²) in [4.78, 5) is 18.9. The van der Waals surface area contributed by atoms with Gasteiger partial charge in [0.1, 0.15) is 0 Å². The molecule has 1 aliphatic rings. The second-order valence-corrected chi connectivity index (χ2v) is 10.2. The van der Waals surface area contributed by atoms with Crippen LogP contribution in [0.5, 0.6) is 0 Å². The summed E-state index contributed by atoms with van der Waals surface area (Å²) in [5.74, 6) is -0.501. The van der Waals surface area contributed by atoms with Crippen LogP contribution in [0.25, 0.3) is 0 Å². The summed E-state index contributed by atoms with van der Waals surface area (Å²) in [6.07, 6.45) is 4.71. The molecule has 3 heterocycles. The Labute approximate surface area is 198 Å². The highest BCUT2D eigenvalue weighted by Crippen LogP contribution is 2.27. The SMILES string of the molecule is Cc1ccc(Cl)cc1N1CCN(S(=O)(=O)c2nn(C)cc2C(=O)NCc2cccnc2)CC1. The first kappa shape index (κ1) is 23.2. The molecule has 1 amide bonds. The summed E-state index contributed by atoms with van der Waals surface area (Å²) in [6.45, 7) is 3.81. The molecular formula is C22H25ClN6O3S. The Morgan fingerprint density at radius 1 is 1.18 bits per heavy atom. The lowest BCUT2D eigenvalue weighted by Gasteiger charge is -2.35. The van der Waals surface area contributed by atoms with Crippen LogP contribution in [-0.4, -0.2) is 59.6 Å². The number of rotatable bonds is 6. The Morgan fingerprint density at radius 2 is 1.94 bits per heavy atom. The number of piperazine rings is 1. The predicted molar refractivity (Wildman–Crippen MR) is 126 cm³/mol. The average molecular weight is 489 g/mol. The molecule has 1 saturated heterocycles. The third kappa shape index (κ3) is 5.02. The normalized spacial score (nSPS) is 14.9. The van der Waals surface area contributed by atoms with Gasteiger partial charge in [-0.25, -0.2) is 8.42 Å². The predicted octanol–water partition coefficient (Wildman–Crippen LogP) is 2.22. The second kappa shape index (κ2) is 9.50. The summed E-state index contributed by atoms with van der Waals surface area (Å²) < 4.78 is 29.5. The number of carbonyl (C=O) groups excluding carboxylic acids is 1. The topological polar surface area (TPSA) is 100 Å². The fourth-order valence-electron chi connectivity index (χ4n) is 3.81. The van der Waals surface area contributed by atoms with E-state index in [4.69, 9.17) is 11.6 Å². The second-order valence-electron chi connectivity index (χ2n) is 7.89. The molecule has 0 spiro atoms. The van der Waals surface area contributed by atoms with Crippen LogP contribution in [0.4, 0.5) is 5.69 Å². The van der Waals surface area contributed by atoms with Gasteiger partial charge < -0.3 is 10.2 Å². The molecule has 1 fully saturated rings. The van der Waals surface area contributed by atoms with Gasteiger partial charge in [0, 0.05) is 69.1 Å². The van der Waals surface area contributed by atoms with Crippen LogP contribution in [0.1, 0.15) is 21.5 Å². The maximum absolute atomic E-state index is 13.4. The molecule has 1 aliphatic heterocycles. The molecule has 0 bridgehead atoms. The van der Waals surface area contributed by atoms with Crippen molar-refractivity contribution < 1.29 is 13.2 Å². The van der Waals surface area contributed by atoms with Crippen molar-refractivity contribution in [2.24, 2.45) is 7.05 Å². The van der Waals surface area contributed by atoms with Crippen molar-refractivity contribution in [1.82, 2.24) is 24.4 Å². The van der Waals surface area contributed by atoms with E-state index in [1.165, 1.54) is 15.2 Å². The van der Waals surface area contributed by atoms with E-state index in [-0.39, 0.29) is 30.2 Å². The van der Waals surface area contributed by atoms with Gasteiger partial charge in [-0.15, -0.1) is 0 Å². The standard InChI is InChI=1S/C22H25ClN6O3S/c1-16-5-6-18(23)12-20(16)28-8-10-29(11-9-28)33(31,32)22-19(15-27(2)26-22)21(30)25-14-17-4-3-7-24-13-17/h3-7,12-13,15H,8-11,14H2,1-2H3,(H,25,30). The zero-order valence-electron chi connectivity index (χ0n) is 18.4. The van der Waals surface area contributed by atoms with Gasteiger partial charge in [0.05, 0.1) is 5.56 Å². The Morgan fingerprint density at radius 3 is 2.64 bits per heavy atom. The number of benzene rings is 1. The van der Waals surface area contributed by atoms with Gasteiger partial charge in [0.15, 0.2) is 0 Å². The first-order chi connectivity index (χ1) is 15.8. The summed E-state index contributed by atoms with van der Waals surface area (Å²) in [7, 11) is -2.35. The van der Waals surface area contributed by atoms with Gasteiger partial charge in [0.25, 0.3) is 15.9 Å². The molecule has 2 aromatic heterocycles. The molecule has 174 valence electrons. The monoisotopic (exact) mass is 488 g/mol. The van der Waals surface area contributed by atoms with Crippen LogP contribution in [0, 0.1) is 6.92 Å². The number of aryl methyl sites for hydroxylation is 2. The molecule has 9 nitrogen and oxygen atoms in total. The smallest absolute Gasteiger partial charge is 0.263 e. The summed E-state index contributed by atoms with van der Waals surface area (Å²) in [6, 6.07) is 9.28. The largest absolute Gasteiger partial charge is 0.369 e. The van der Waals surface area contributed by atoms with Gasteiger partial charge >= 0.3 is 0 Å². The number of carbonyl (C=O) groups is 1. The molecule has 33 heavy (non-hydrogen) atoms. The Kier molecular flexibility index (Phi) is 6.68. The minimum absolute atomic E-state index is 0.0227. The number of halogens is 1. The number of pyridine rings is 1. The Hall–Kier alpha value is -2.95. The number of sulfonamides is 1. The van der Waals surface area contributed by atoms with Crippen molar-refractivity contribution >= 4 is 33.2 Å². The van der Waals surface area contributed by atoms with Crippen molar-refractivity contribution in [2.75, 3.05) is 31.1 Å². The minimum atomic E-state index is -3.95. The van der Waals surface area contributed by atoms with Gasteiger partial charge in [-0.3, -0.25) is 14.5 Å². The van der Waals surface area contributed by atoms with Crippen molar-refractivity contribution in [3.8, 4) is 0 Å². The number of anilines is 1. The van der Waals surface area contributed by atoms with Gasteiger partial charge in [-0.05, 0) is 36.2 Å². The van der Waals surface area contributed by atoms with E-state index in [1.807, 2.05) is 31.2 Å². The third-order valence-corrected chi connectivity index (χ3v) is 7.62.